The average molecular weight is 393 g/mol. The fraction of sp³-hybridized carbons (Fsp3) is 0.222. The van der Waals surface area contributed by atoms with E-state index in [4.69, 9.17) is 11.6 Å². The van der Waals surface area contributed by atoms with Gasteiger partial charge in [-0.05, 0) is 37.6 Å². The van der Waals surface area contributed by atoms with Crippen LogP contribution >= 0.6 is 11.6 Å². The molecule has 1 aliphatic heterocycles. The van der Waals surface area contributed by atoms with E-state index in [1.54, 1.807) is 25.1 Å². The second kappa shape index (κ2) is 6.83. The van der Waals surface area contributed by atoms with Crippen LogP contribution in [0.1, 0.15) is 31.8 Å². The van der Waals surface area contributed by atoms with Crippen molar-refractivity contribution in [1.29, 1.82) is 0 Å². The van der Waals surface area contributed by atoms with Crippen LogP contribution in [0.3, 0.4) is 0 Å². The molecule has 1 N–H and O–H groups in total. The summed E-state index contributed by atoms with van der Waals surface area (Å²) in [6.07, 6.45) is 0. The number of hydrogen-bond donors (Lipinski definition) is 1. The Hall–Kier alpha value is -2.22. The number of nitrogens with zero attached hydrogens (tertiary/aromatic N) is 1. The molecule has 1 aliphatic rings. The van der Waals surface area contributed by atoms with Gasteiger partial charge in [-0.2, -0.15) is 0 Å². The first-order chi connectivity index (χ1) is 12.2. The molecule has 0 radical (unpaired) electrons. The predicted octanol–water partition coefficient (Wildman–Crippen LogP) is 2.53. The minimum absolute atomic E-state index is 0.0766. The zero-order valence-electron chi connectivity index (χ0n) is 14.2. The van der Waals surface area contributed by atoms with E-state index in [1.807, 2.05) is 6.92 Å². The van der Waals surface area contributed by atoms with Crippen LogP contribution in [0, 0.1) is 13.8 Å². The number of imide groups is 1. The van der Waals surface area contributed by atoms with Gasteiger partial charge in [0, 0.05) is 13.1 Å². The molecule has 2 aromatic rings. The third-order valence-electron chi connectivity index (χ3n) is 4.20. The fourth-order valence-corrected chi connectivity index (χ4v) is 4.47. The minimum atomic E-state index is -3.74. The van der Waals surface area contributed by atoms with E-state index in [9.17, 15) is 18.0 Å². The van der Waals surface area contributed by atoms with Crippen molar-refractivity contribution in [1.82, 2.24) is 9.62 Å². The van der Waals surface area contributed by atoms with Crippen molar-refractivity contribution in [3.63, 3.8) is 0 Å². The Balaban J connectivity index is 1.72. The number of benzene rings is 2. The second-order valence-corrected chi connectivity index (χ2v) is 8.23. The topological polar surface area (TPSA) is 83.6 Å². The Morgan fingerprint density at radius 2 is 1.81 bits per heavy atom. The summed E-state index contributed by atoms with van der Waals surface area (Å²) >= 11 is 6.00. The molecule has 0 saturated heterocycles. The molecule has 0 unspecified atom stereocenters. The van der Waals surface area contributed by atoms with Gasteiger partial charge in [0.15, 0.2) is 0 Å². The van der Waals surface area contributed by atoms with E-state index in [-0.39, 0.29) is 34.1 Å². The molecule has 0 bridgehead atoms. The van der Waals surface area contributed by atoms with Crippen molar-refractivity contribution >= 4 is 33.4 Å². The van der Waals surface area contributed by atoms with Crippen LogP contribution in [0.15, 0.2) is 41.3 Å². The van der Waals surface area contributed by atoms with Gasteiger partial charge in [0.05, 0.1) is 21.0 Å². The Bertz CT molecular complexity index is 1020. The molecule has 0 aromatic heterocycles. The van der Waals surface area contributed by atoms with Crippen molar-refractivity contribution in [2.24, 2.45) is 0 Å². The van der Waals surface area contributed by atoms with Crippen LogP contribution in [-0.4, -0.2) is 38.2 Å². The van der Waals surface area contributed by atoms with Gasteiger partial charge in [0.1, 0.15) is 0 Å². The maximum Gasteiger partial charge on any atom is 0.263 e. The standard InChI is InChI=1S/C18H17ClN2O4S/c1-11-6-7-15(12(2)10-11)26(24,25)20-8-9-21-17(22)13-4-3-5-14(19)16(13)18(21)23/h3-7,10,20H,8-9H2,1-2H3. The van der Waals surface area contributed by atoms with E-state index in [1.165, 1.54) is 18.2 Å². The van der Waals surface area contributed by atoms with Gasteiger partial charge >= 0.3 is 0 Å². The summed E-state index contributed by atoms with van der Waals surface area (Å²) in [5.74, 6) is -0.987. The minimum Gasteiger partial charge on any atom is -0.273 e. The lowest BCUT2D eigenvalue weighted by Crippen LogP contribution is -2.38. The average Bonchev–Trinajstić information content (AvgIpc) is 2.80. The number of amides is 2. The summed E-state index contributed by atoms with van der Waals surface area (Å²) in [7, 11) is -3.74. The Kier molecular flexibility index (Phi) is 4.88. The number of hydrogen-bond acceptors (Lipinski definition) is 4. The summed E-state index contributed by atoms with van der Waals surface area (Å²) < 4.78 is 27.3. The third-order valence-corrected chi connectivity index (χ3v) is 6.13. The van der Waals surface area contributed by atoms with E-state index >= 15 is 0 Å². The van der Waals surface area contributed by atoms with E-state index < -0.39 is 21.8 Å². The Labute approximate surface area is 156 Å². The second-order valence-electron chi connectivity index (χ2n) is 6.09. The zero-order valence-corrected chi connectivity index (χ0v) is 15.8. The van der Waals surface area contributed by atoms with Gasteiger partial charge in [0.2, 0.25) is 10.0 Å². The number of halogens is 1. The summed E-state index contributed by atoms with van der Waals surface area (Å²) in [5, 5.41) is 0.208. The quantitative estimate of drug-likeness (QED) is 0.792. The summed E-state index contributed by atoms with van der Waals surface area (Å²) in [6.45, 7) is 3.43. The molecule has 26 heavy (non-hydrogen) atoms. The first-order valence-corrected chi connectivity index (χ1v) is 9.80. The van der Waals surface area contributed by atoms with Gasteiger partial charge in [-0.25, -0.2) is 13.1 Å². The summed E-state index contributed by atoms with van der Waals surface area (Å²) in [4.78, 5) is 25.9. The van der Waals surface area contributed by atoms with Crippen LogP contribution in [0.2, 0.25) is 5.02 Å². The van der Waals surface area contributed by atoms with Crippen LogP contribution in [0.5, 0.6) is 0 Å². The number of aryl methyl sites for hydroxylation is 2. The Morgan fingerprint density at radius 3 is 2.46 bits per heavy atom. The summed E-state index contributed by atoms with van der Waals surface area (Å²) in [5.41, 5.74) is 1.99. The molecule has 0 saturated carbocycles. The fourth-order valence-electron chi connectivity index (χ4n) is 2.97. The molecule has 0 spiro atoms. The van der Waals surface area contributed by atoms with Crippen LogP contribution in [0.25, 0.3) is 0 Å². The smallest absolute Gasteiger partial charge is 0.263 e. The van der Waals surface area contributed by atoms with Gasteiger partial charge in [0.25, 0.3) is 11.8 Å². The summed E-state index contributed by atoms with van der Waals surface area (Å²) in [6, 6.07) is 9.70. The molecule has 136 valence electrons. The van der Waals surface area contributed by atoms with Gasteiger partial charge < -0.3 is 0 Å². The van der Waals surface area contributed by atoms with Crippen molar-refractivity contribution in [3.8, 4) is 0 Å². The van der Waals surface area contributed by atoms with Crippen LogP contribution in [0.4, 0.5) is 0 Å². The highest BCUT2D eigenvalue weighted by Gasteiger charge is 2.36. The normalized spacial score (nSPS) is 14.0. The Morgan fingerprint density at radius 1 is 1.08 bits per heavy atom. The third kappa shape index (κ3) is 3.25. The van der Waals surface area contributed by atoms with Crippen molar-refractivity contribution in [3.05, 3.63) is 63.7 Å². The highest BCUT2D eigenvalue weighted by Crippen LogP contribution is 2.28. The van der Waals surface area contributed by atoms with Gasteiger partial charge in [-0.1, -0.05) is 35.4 Å². The van der Waals surface area contributed by atoms with E-state index in [0.29, 0.717) is 5.56 Å². The van der Waals surface area contributed by atoms with Crippen molar-refractivity contribution in [2.45, 2.75) is 18.7 Å². The lowest BCUT2D eigenvalue weighted by Gasteiger charge is -2.15. The maximum atomic E-state index is 12.5. The molecule has 6 nitrogen and oxygen atoms in total. The van der Waals surface area contributed by atoms with Crippen LogP contribution in [-0.2, 0) is 10.0 Å². The van der Waals surface area contributed by atoms with Gasteiger partial charge in [-0.3, -0.25) is 14.5 Å². The number of fused-ring (bicyclic) bond motifs is 1. The van der Waals surface area contributed by atoms with Crippen molar-refractivity contribution in [2.75, 3.05) is 13.1 Å². The number of rotatable bonds is 5. The highest BCUT2D eigenvalue weighted by atomic mass is 35.5. The lowest BCUT2D eigenvalue weighted by molar-refractivity contribution is 0.0657. The van der Waals surface area contributed by atoms with E-state index in [0.717, 1.165) is 10.5 Å². The lowest BCUT2D eigenvalue weighted by atomic mass is 10.1. The first kappa shape index (κ1) is 18.6. The van der Waals surface area contributed by atoms with Crippen molar-refractivity contribution < 1.29 is 18.0 Å². The molecule has 0 atom stereocenters. The number of carbonyl (C=O) groups is 2. The van der Waals surface area contributed by atoms with E-state index in [2.05, 4.69) is 4.72 Å². The molecule has 3 rings (SSSR count). The monoisotopic (exact) mass is 392 g/mol. The largest absolute Gasteiger partial charge is 0.273 e. The molecule has 0 aliphatic carbocycles. The number of carbonyl (C=O) groups excluding carboxylic acids is 2. The molecule has 0 fully saturated rings. The first-order valence-electron chi connectivity index (χ1n) is 7.94. The molecular formula is C18H17ClN2O4S. The van der Waals surface area contributed by atoms with Gasteiger partial charge in [-0.15, -0.1) is 0 Å². The molecule has 2 amide bonds. The molecule has 8 heteroatoms. The maximum absolute atomic E-state index is 12.5. The highest BCUT2D eigenvalue weighted by molar-refractivity contribution is 7.89. The predicted molar refractivity (Wildman–Crippen MR) is 97.9 cm³/mol. The molecule has 2 aromatic carbocycles. The zero-order chi connectivity index (χ0) is 19.1. The molecular weight excluding hydrogens is 376 g/mol. The number of nitrogens with one attached hydrogen (secondary N) is 1. The SMILES string of the molecule is Cc1ccc(S(=O)(=O)NCCN2C(=O)c3cccc(Cl)c3C2=O)c(C)c1. The molecule has 1 heterocycles. The number of sulfonamides is 1. The van der Waals surface area contributed by atoms with Crippen LogP contribution < -0.4 is 4.72 Å².